The molecule has 0 radical (unpaired) electrons. The Balaban J connectivity index is 1.57. The van der Waals surface area contributed by atoms with Crippen LogP contribution in [-0.4, -0.2) is 28.4 Å². The second-order valence-corrected chi connectivity index (χ2v) is 8.44. The molecule has 0 aliphatic rings. The zero-order chi connectivity index (χ0) is 20.9. The fourth-order valence-electron chi connectivity index (χ4n) is 2.64. The number of furan rings is 1. The van der Waals surface area contributed by atoms with Gasteiger partial charge in [-0.2, -0.15) is 0 Å². The Morgan fingerprint density at radius 1 is 0.966 bits per heavy atom. The minimum absolute atomic E-state index is 0.0597. The van der Waals surface area contributed by atoms with E-state index in [1.54, 1.807) is 12.1 Å². The van der Waals surface area contributed by atoms with Gasteiger partial charge in [0.15, 0.2) is 0 Å². The molecule has 7 nitrogen and oxygen atoms in total. The van der Waals surface area contributed by atoms with E-state index in [1.807, 2.05) is 43.3 Å². The minimum Gasteiger partial charge on any atom is -0.468 e. The molecular weight excluding hydrogens is 390 g/mol. The van der Waals surface area contributed by atoms with Crippen LogP contribution in [0.15, 0.2) is 76.2 Å². The quantitative estimate of drug-likeness (QED) is 0.593. The highest BCUT2D eigenvalue weighted by Gasteiger charge is 2.15. The number of amides is 1. The largest absolute Gasteiger partial charge is 0.468 e. The smallest absolute Gasteiger partial charge is 0.251 e. The normalized spacial score (nSPS) is 11.2. The average molecular weight is 413 g/mol. The number of hydrogen-bond acceptors (Lipinski definition) is 5. The Labute approximate surface area is 170 Å². The summed E-state index contributed by atoms with van der Waals surface area (Å²) in [6.07, 6.45) is 1.48. The summed E-state index contributed by atoms with van der Waals surface area (Å²) in [6.45, 7) is 0.446. The Kier molecular flexibility index (Phi) is 6.36. The number of nitrogens with zero attached hydrogens (tertiary/aromatic N) is 1. The lowest BCUT2D eigenvalue weighted by Crippen LogP contribution is -2.24. The van der Waals surface area contributed by atoms with Gasteiger partial charge in [-0.1, -0.05) is 12.1 Å². The van der Waals surface area contributed by atoms with Crippen molar-refractivity contribution in [3.05, 3.63) is 83.8 Å². The lowest BCUT2D eigenvalue weighted by atomic mass is 10.2. The fraction of sp³-hybridized carbons (Fsp3) is 0.190. The van der Waals surface area contributed by atoms with Gasteiger partial charge in [-0.25, -0.2) is 13.1 Å². The molecule has 1 heterocycles. The van der Waals surface area contributed by atoms with Crippen molar-refractivity contribution in [2.24, 2.45) is 0 Å². The Hall–Kier alpha value is -3.10. The highest BCUT2D eigenvalue weighted by Crippen LogP contribution is 2.14. The average Bonchev–Trinajstić information content (AvgIpc) is 3.25. The van der Waals surface area contributed by atoms with Gasteiger partial charge in [0.05, 0.1) is 17.7 Å². The number of rotatable bonds is 8. The molecule has 2 N–H and O–H groups in total. The number of hydrogen-bond donors (Lipinski definition) is 2. The molecule has 0 aliphatic carbocycles. The highest BCUT2D eigenvalue weighted by molar-refractivity contribution is 7.89. The number of benzene rings is 2. The number of nitrogens with one attached hydrogen (secondary N) is 2. The first kappa shape index (κ1) is 20.6. The SMILES string of the molecule is CN(C)c1ccc(CNC(=O)c2ccc(S(=O)(=O)NCc3ccco3)cc2)cc1. The van der Waals surface area contributed by atoms with E-state index in [9.17, 15) is 13.2 Å². The first-order valence-corrected chi connectivity index (χ1v) is 10.5. The molecule has 0 atom stereocenters. The zero-order valence-corrected chi connectivity index (χ0v) is 17.1. The van der Waals surface area contributed by atoms with Crippen molar-refractivity contribution in [3.8, 4) is 0 Å². The van der Waals surface area contributed by atoms with Crippen molar-refractivity contribution in [2.45, 2.75) is 18.0 Å². The summed E-state index contributed by atoms with van der Waals surface area (Å²) in [5.41, 5.74) is 2.45. The van der Waals surface area contributed by atoms with E-state index >= 15 is 0 Å². The molecule has 2 aromatic carbocycles. The maximum Gasteiger partial charge on any atom is 0.251 e. The molecule has 1 amide bonds. The van der Waals surface area contributed by atoms with Crippen LogP contribution in [0.4, 0.5) is 5.69 Å². The van der Waals surface area contributed by atoms with Gasteiger partial charge in [0.2, 0.25) is 10.0 Å². The third-order valence-electron chi connectivity index (χ3n) is 4.35. The lowest BCUT2D eigenvalue weighted by Gasteiger charge is -2.13. The molecule has 0 spiro atoms. The van der Waals surface area contributed by atoms with E-state index in [2.05, 4.69) is 10.0 Å². The van der Waals surface area contributed by atoms with E-state index in [0.717, 1.165) is 11.3 Å². The predicted molar refractivity (Wildman–Crippen MR) is 111 cm³/mol. The summed E-state index contributed by atoms with van der Waals surface area (Å²) in [4.78, 5) is 14.4. The van der Waals surface area contributed by atoms with Crippen molar-refractivity contribution in [1.29, 1.82) is 0 Å². The second-order valence-electron chi connectivity index (χ2n) is 6.67. The molecule has 3 rings (SSSR count). The molecule has 0 saturated carbocycles. The van der Waals surface area contributed by atoms with Crippen LogP contribution in [0.3, 0.4) is 0 Å². The molecule has 0 unspecified atom stereocenters. The minimum atomic E-state index is -3.69. The van der Waals surface area contributed by atoms with Crippen molar-refractivity contribution in [1.82, 2.24) is 10.0 Å². The first-order chi connectivity index (χ1) is 13.8. The molecule has 0 saturated heterocycles. The second kappa shape index (κ2) is 8.93. The molecule has 0 fully saturated rings. The van der Waals surface area contributed by atoms with Crippen molar-refractivity contribution in [2.75, 3.05) is 19.0 Å². The van der Waals surface area contributed by atoms with Crippen LogP contribution in [0.1, 0.15) is 21.7 Å². The number of carbonyl (C=O) groups excluding carboxylic acids is 1. The summed E-state index contributed by atoms with van der Waals surface area (Å²) in [5, 5.41) is 2.84. The molecule has 8 heteroatoms. The van der Waals surface area contributed by atoms with Crippen LogP contribution in [-0.2, 0) is 23.1 Å². The molecule has 3 aromatic rings. The number of carbonyl (C=O) groups is 1. The van der Waals surface area contributed by atoms with Crippen molar-refractivity contribution in [3.63, 3.8) is 0 Å². The van der Waals surface area contributed by atoms with Gasteiger partial charge in [0.25, 0.3) is 5.91 Å². The molecule has 152 valence electrons. The van der Waals surface area contributed by atoms with Crippen LogP contribution in [0, 0.1) is 0 Å². The van der Waals surface area contributed by atoms with Gasteiger partial charge >= 0.3 is 0 Å². The maximum atomic E-state index is 12.3. The molecule has 29 heavy (non-hydrogen) atoms. The van der Waals surface area contributed by atoms with Crippen LogP contribution >= 0.6 is 0 Å². The summed E-state index contributed by atoms with van der Waals surface area (Å²) < 4.78 is 32.3. The number of sulfonamides is 1. The Morgan fingerprint density at radius 3 is 2.24 bits per heavy atom. The summed E-state index contributed by atoms with van der Waals surface area (Å²) >= 11 is 0. The van der Waals surface area contributed by atoms with E-state index in [0.29, 0.717) is 17.9 Å². The van der Waals surface area contributed by atoms with Gasteiger partial charge in [-0.05, 0) is 54.1 Å². The maximum absolute atomic E-state index is 12.3. The lowest BCUT2D eigenvalue weighted by molar-refractivity contribution is 0.0951. The molecule has 1 aromatic heterocycles. The van der Waals surface area contributed by atoms with Gasteiger partial charge in [0, 0.05) is 31.9 Å². The van der Waals surface area contributed by atoms with Crippen LogP contribution < -0.4 is 14.9 Å². The van der Waals surface area contributed by atoms with E-state index in [4.69, 9.17) is 4.42 Å². The van der Waals surface area contributed by atoms with Crippen LogP contribution in [0.5, 0.6) is 0 Å². The Morgan fingerprint density at radius 2 is 1.66 bits per heavy atom. The summed E-state index contributed by atoms with van der Waals surface area (Å²) in [5.74, 6) is 0.248. The van der Waals surface area contributed by atoms with Gasteiger partial charge in [-0.3, -0.25) is 4.79 Å². The molecule has 0 aliphatic heterocycles. The summed E-state index contributed by atoms with van der Waals surface area (Å²) in [6, 6.07) is 17.0. The van der Waals surface area contributed by atoms with Crippen molar-refractivity contribution >= 4 is 21.6 Å². The number of anilines is 1. The fourth-order valence-corrected chi connectivity index (χ4v) is 3.64. The monoisotopic (exact) mass is 413 g/mol. The van der Waals surface area contributed by atoms with Gasteiger partial charge < -0.3 is 14.6 Å². The van der Waals surface area contributed by atoms with Gasteiger partial charge in [-0.15, -0.1) is 0 Å². The topological polar surface area (TPSA) is 91.7 Å². The standard InChI is InChI=1S/C21H23N3O4S/c1-24(2)18-9-5-16(6-10-18)14-22-21(25)17-7-11-20(12-8-17)29(26,27)23-15-19-4-3-13-28-19/h3-13,23H,14-15H2,1-2H3,(H,22,25). The third kappa shape index (κ3) is 5.46. The van der Waals surface area contributed by atoms with Gasteiger partial charge in [0.1, 0.15) is 5.76 Å². The van der Waals surface area contributed by atoms with E-state index in [1.165, 1.54) is 30.5 Å². The Bertz CT molecular complexity index is 1040. The van der Waals surface area contributed by atoms with E-state index < -0.39 is 10.0 Å². The zero-order valence-electron chi connectivity index (χ0n) is 16.3. The van der Waals surface area contributed by atoms with Crippen LogP contribution in [0.25, 0.3) is 0 Å². The first-order valence-electron chi connectivity index (χ1n) is 9.02. The predicted octanol–water partition coefficient (Wildman–Crippen LogP) is 2.75. The third-order valence-corrected chi connectivity index (χ3v) is 5.77. The van der Waals surface area contributed by atoms with Crippen LogP contribution in [0.2, 0.25) is 0 Å². The highest BCUT2D eigenvalue weighted by atomic mass is 32.2. The van der Waals surface area contributed by atoms with Crippen molar-refractivity contribution < 1.29 is 17.6 Å². The van der Waals surface area contributed by atoms with E-state index in [-0.39, 0.29) is 17.3 Å². The molecular formula is C21H23N3O4S. The summed E-state index contributed by atoms with van der Waals surface area (Å²) in [7, 11) is 0.240. The molecule has 0 bridgehead atoms.